The number of thioether (sulfide) groups is 1. The van der Waals surface area contributed by atoms with Crippen molar-refractivity contribution in [1.82, 2.24) is 4.98 Å². The molecule has 0 saturated carbocycles. The molecule has 0 saturated heterocycles. The Morgan fingerprint density at radius 1 is 1.28 bits per heavy atom. The van der Waals surface area contributed by atoms with Gasteiger partial charge in [-0.25, -0.2) is 0 Å². The second-order valence-electron chi connectivity index (χ2n) is 3.67. The summed E-state index contributed by atoms with van der Waals surface area (Å²) in [5.74, 6) is 0.770. The van der Waals surface area contributed by atoms with E-state index in [0.29, 0.717) is 5.69 Å². The molecule has 18 heavy (non-hydrogen) atoms. The number of rotatable bonds is 4. The number of nitrogens with zero attached hydrogens (tertiary/aromatic N) is 1. The molecule has 0 atom stereocenters. The number of nitrogens with one attached hydrogen (secondary N) is 1. The molecular weight excluding hydrogens is 310 g/mol. The molecule has 0 bridgehead atoms. The normalized spacial score (nSPS) is 10.3. The molecule has 0 amide bonds. The smallest absolute Gasteiger partial charge is 0.142 e. The van der Waals surface area contributed by atoms with Gasteiger partial charge in [0.2, 0.25) is 0 Å². The SMILES string of the molecule is N=C(N)c1ncccc1CSc1ccc(Br)cc1. The molecule has 1 heterocycles. The Hall–Kier alpha value is -1.33. The number of nitrogens with two attached hydrogens (primary N) is 1. The first kappa shape index (κ1) is 13.1. The molecule has 1 aromatic carbocycles. The van der Waals surface area contributed by atoms with Gasteiger partial charge in [-0.05, 0) is 35.9 Å². The van der Waals surface area contributed by atoms with Crippen LogP contribution in [0.1, 0.15) is 11.3 Å². The lowest BCUT2D eigenvalue weighted by Gasteiger charge is -2.06. The van der Waals surface area contributed by atoms with E-state index in [2.05, 4.69) is 33.0 Å². The molecule has 0 fully saturated rings. The van der Waals surface area contributed by atoms with Crippen LogP contribution in [0.5, 0.6) is 0 Å². The summed E-state index contributed by atoms with van der Waals surface area (Å²) in [6.07, 6.45) is 1.66. The van der Waals surface area contributed by atoms with E-state index in [1.165, 1.54) is 4.90 Å². The van der Waals surface area contributed by atoms with E-state index in [4.69, 9.17) is 11.1 Å². The number of hydrogen-bond acceptors (Lipinski definition) is 3. The molecule has 2 aromatic rings. The van der Waals surface area contributed by atoms with Gasteiger partial charge < -0.3 is 5.73 Å². The average molecular weight is 322 g/mol. The zero-order valence-corrected chi connectivity index (χ0v) is 12.0. The summed E-state index contributed by atoms with van der Waals surface area (Å²) in [6, 6.07) is 11.9. The number of aromatic nitrogens is 1. The molecular formula is C13H12BrN3S. The highest BCUT2D eigenvalue weighted by molar-refractivity contribution is 9.10. The molecule has 1 aromatic heterocycles. The van der Waals surface area contributed by atoms with Gasteiger partial charge in [0, 0.05) is 21.3 Å². The van der Waals surface area contributed by atoms with Crippen molar-refractivity contribution in [2.45, 2.75) is 10.6 Å². The molecule has 0 unspecified atom stereocenters. The van der Waals surface area contributed by atoms with Crippen LogP contribution in [0.15, 0.2) is 52.0 Å². The predicted octanol–water partition coefficient (Wildman–Crippen LogP) is 3.42. The van der Waals surface area contributed by atoms with E-state index in [9.17, 15) is 0 Å². The Labute approximate surface area is 118 Å². The summed E-state index contributed by atoms with van der Waals surface area (Å²) in [4.78, 5) is 5.31. The fourth-order valence-corrected chi connectivity index (χ4v) is 2.64. The zero-order chi connectivity index (χ0) is 13.0. The Bertz CT molecular complexity index is 554. The molecule has 0 aliphatic carbocycles. The standard InChI is InChI=1S/C13H12BrN3S/c14-10-3-5-11(6-4-10)18-8-9-2-1-7-17-12(9)13(15)16/h1-7H,8H2,(H3,15,16). The minimum Gasteiger partial charge on any atom is -0.382 e. The summed E-state index contributed by atoms with van der Waals surface area (Å²) >= 11 is 5.11. The van der Waals surface area contributed by atoms with Crippen molar-refractivity contribution in [3.8, 4) is 0 Å². The number of halogens is 1. The summed E-state index contributed by atoms with van der Waals surface area (Å²) < 4.78 is 1.07. The van der Waals surface area contributed by atoms with Crippen molar-refractivity contribution in [3.05, 3.63) is 58.3 Å². The maximum atomic E-state index is 7.49. The van der Waals surface area contributed by atoms with Crippen LogP contribution in [0.3, 0.4) is 0 Å². The molecule has 2 rings (SSSR count). The van der Waals surface area contributed by atoms with E-state index in [-0.39, 0.29) is 5.84 Å². The van der Waals surface area contributed by atoms with Gasteiger partial charge >= 0.3 is 0 Å². The van der Waals surface area contributed by atoms with Crippen molar-refractivity contribution >= 4 is 33.5 Å². The molecule has 92 valence electrons. The Balaban J connectivity index is 2.10. The van der Waals surface area contributed by atoms with Gasteiger partial charge in [-0.3, -0.25) is 10.4 Å². The van der Waals surface area contributed by atoms with Crippen LogP contribution in [0.2, 0.25) is 0 Å². The average Bonchev–Trinajstić information content (AvgIpc) is 2.38. The minimum absolute atomic E-state index is 0.0157. The fraction of sp³-hybridized carbons (Fsp3) is 0.0769. The maximum Gasteiger partial charge on any atom is 0.142 e. The summed E-state index contributed by atoms with van der Waals surface area (Å²) in [7, 11) is 0. The number of benzene rings is 1. The van der Waals surface area contributed by atoms with Gasteiger partial charge in [-0.2, -0.15) is 0 Å². The van der Waals surface area contributed by atoms with E-state index in [1.54, 1.807) is 18.0 Å². The Morgan fingerprint density at radius 2 is 2.00 bits per heavy atom. The lowest BCUT2D eigenvalue weighted by atomic mass is 10.2. The highest BCUT2D eigenvalue weighted by Gasteiger charge is 2.06. The molecule has 0 aliphatic heterocycles. The van der Waals surface area contributed by atoms with Gasteiger partial charge in [0.05, 0.1) is 0 Å². The van der Waals surface area contributed by atoms with Crippen molar-refractivity contribution in [3.63, 3.8) is 0 Å². The third kappa shape index (κ3) is 3.34. The van der Waals surface area contributed by atoms with Crippen LogP contribution >= 0.6 is 27.7 Å². The lowest BCUT2D eigenvalue weighted by molar-refractivity contribution is 1.19. The zero-order valence-electron chi connectivity index (χ0n) is 9.56. The third-order valence-electron chi connectivity index (χ3n) is 2.35. The Kier molecular flexibility index (Phi) is 4.38. The van der Waals surface area contributed by atoms with Gasteiger partial charge in [-0.15, -0.1) is 11.8 Å². The largest absolute Gasteiger partial charge is 0.382 e. The number of nitrogen functional groups attached to an aromatic ring is 1. The van der Waals surface area contributed by atoms with Gasteiger partial charge in [0.25, 0.3) is 0 Å². The number of hydrogen-bond donors (Lipinski definition) is 2. The number of amidine groups is 1. The molecule has 3 nitrogen and oxygen atoms in total. The van der Waals surface area contributed by atoms with E-state index < -0.39 is 0 Å². The van der Waals surface area contributed by atoms with Crippen LogP contribution in [0, 0.1) is 5.41 Å². The molecule has 0 radical (unpaired) electrons. The topological polar surface area (TPSA) is 62.8 Å². The molecule has 3 N–H and O–H groups in total. The van der Waals surface area contributed by atoms with Crippen LogP contribution in [0.4, 0.5) is 0 Å². The van der Waals surface area contributed by atoms with Crippen molar-refractivity contribution < 1.29 is 0 Å². The summed E-state index contributed by atoms with van der Waals surface area (Å²) in [5.41, 5.74) is 7.06. The fourth-order valence-electron chi connectivity index (χ4n) is 1.49. The van der Waals surface area contributed by atoms with Crippen LogP contribution in [-0.2, 0) is 5.75 Å². The van der Waals surface area contributed by atoms with Crippen LogP contribution in [0.25, 0.3) is 0 Å². The molecule has 0 spiro atoms. The second-order valence-corrected chi connectivity index (χ2v) is 5.63. The van der Waals surface area contributed by atoms with E-state index >= 15 is 0 Å². The maximum absolute atomic E-state index is 7.49. The quantitative estimate of drug-likeness (QED) is 0.515. The van der Waals surface area contributed by atoms with Crippen molar-refractivity contribution in [1.29, 1.82) is 5.41 Å². The van der Waals surface area contributed by atoms with E-state index in [0.717, 1.165) is 15.8 Å². The van der Waals surface area contributed by atoms with Gasteiger partial charge in [0.1, 0.15) is 11.5 Å². The number of pyridine rings is 1. The first-order valence-electron chi connectivity index (χ1n) is 5.33. The monoisotopic (exact) mass is 321 g/mol. The van der Waals surface area contributed by atoms with Gasteiger partial charge in [0.15, 0.2) is 0 Å². The van der Waals surface area contributed by atoms with Crippen LogP contribution in [-0.4, -0.2) is 10.8 Å². The lowest BCUT2D eigenvalue weighted by Crippen LogP contribution is -2.15. The minimum atomic E-state index is 0.0157. The third-order valence-corrected chi connectivity index (χ3v) is 3.94. The van der Waals surface area contributed by atoms with E-state index in [1.807, 2.05) is 24.3 Å². The van der Waals surface area contributed by atoms with Crippen molar-refractivity contribution in [2.24, 2.45) is 5.73 Å². The van der Waals surface area contributed by atoms with Crippen LogP contribution < -0.4 is 5.73 Å². The first-order chi connectivity index (χ1) is 8.66. The van der Waals surface area contributed by atoms with Crippen molar-refractivity contribution in [2.75, 3.05) is 0 Å². The van der Waals surface area contributed by atoms with Gasteiger partial charge in [-0.1, -0.05) is 22.0 Å². The molecule has 5 heteroatoms. The summed E-state index contributed by atoms with van der Waals surface area (Å²) in [6.45, 7) is 0. The predicted molar refractivity (Wildman–Crippen MR) is 79.0 cm³/mol. The summed E-state index contributed by atoms with van der Waals surface area (Å²) in [5, 5.41) is 7.49. The highest BCUT2D eigenvalue weighted by atomic mass is 79.9. The first-order valence-corrected chi connectivity index (χ1v) is 7.11. The molecule has 0 aliphatic rings. The highest BCUT2D eigenvalue weighted by Crippen LogP contribution is 2.25. The Morgan fingerprint density at radius 3 is 2.67 bits per heavy atom. The second kappa shape index (κ2) is 6.02.